The van der Waals surface area contributed by atoms with Gasteiger partial charge in [-0.3, -0.25) is 9.59 Å². The molecule has 192 valence electrons. The van der Waals surface area contributed by atoms with Gasteiger partial charge in [0.25, 0.3) is 5.91 Å². The molecule has 0 radical (unpaired) electrons. The molecule has 6 nitrogen and oxygen atoms in total. The average molecular weight is 490 g/mol. The van der Waals surface area contributed by atoms with Gasteiger partial charge < -0.3 is 15.1 Å². The zero-order valence-electron chi connectivity index (χ0n) is 22.4. The predicted molar refractivity (Wildman–Crippen MR) is 146 cm³/mol. The first-order valence-electron chi connectivity index (χ1n) is 12.6. The maximum absolute atomic E-state index is 13.7. The lowest BCUT2D eigenvalue weighted by atomic mass is 9.71. The van der Waals surface area contributed by atoms with Gasteiger partial charge in [-0.05, 0) is 56.7 Å². The van der Waals surface area contributed by atoms with E-state index in [1.54, 1.807) is 12.1 Å². The number of amides is 2. The molecule has 1 heterocycles. The van der Waals surface area contributed by atoms with Gasteiger partial charge in [0, 0.05) is 30.3 Å². The number of likely N-dealkylation sites (tertiary alicyclic amines) is 1. The number of nitrogens with zero attached hydrogens (tertiary/aromatic N) is 2. The largest absolute Gasteiger partial charge is 0.357 e. The number of oxime groups is 1. The van der Waals surface area contributed by atoms with Crippen molar-refractivity contribution in [2.75, 3.05) is 13.1 Å². The standard InChI is InChI=1S/C30H39N3O3/c1-21(2)32-36-22(3)24-13-15-25(16-14-24)27(34)33-19-17-30(18-20-33,26-11-9-8-10-12-26)28(35)31-23(4)29(5,6)7/h8-16,23H,3,17-20H2,1-2,4-7H3,(H,31,35)/t23-/m0/s1. The number of carbonyl (C=O) groups excluding carboxylic acids is 2. The van der Waals surface area contributed by atoms with Gasteiger partial charge in [0.1, 0.15) is 0 Å². The van der Waals surface area contributed by atoms with Crippen molar-refractivity contribution in [2.24, 2.45) is 10.6 Å². The Morgan fingerprint density at radius 1 is 1.00 bits per heavy atom. The van der Waals surface area contributed by atoms with Gasteiger partial charge in [-0.15, -0.1) is 0 Å². The second kappa shape index (κ2) is 11.1. The molecule has 0 saturated carbocycles. The van der Waals surface area contributed by atoms with Crippen LogP contribution in [0.2, 0.25) is 0 Å². The Bertz CT molecular complexity index is 1100. The minimum atomic E-state index is -0.658. The van der Waals surface area contributed by atoms with Crippen LogP contribution in [0.15, 0.2) is 66.3 Å². The summed E-state index contributed by atoms with van der Waals surface area (Å²) in [6.45, 7) is 17.0. The van der Waals surface area contributed by atoms with Crippen molar-refractivity contribution >= 4 is 23.3 Å². The minimum Gasteiger partial charge on any atom is -0.357 e. The van der Waals surface area contributed by atoms with E-state index in [2.05, 4.69) is 37.8 Å². The molecule has 0 aromatic heterocycles. The Kier molecular flexibility index (Phi) is 8.39. The summed E-state index contributed by atoms with van der Waals surface area (Å²) in [6.07, 6.45) is 1.14. The van der Waals surface area contributed by atoms with Crippen molar-refractivity contribution in [3.8, 4) is 0 Å². The van der Waals surface area contributed by atoms with E-state index < -0.39 is 5.41 Å². The Hall–Kier alpha value is -3.41. The highest BCUT2D eigenvalue weighted by Gasteiger charge is 2.44. The van der Waals surface area contributed by atoms with E-state index in [1.165, 1.54) is 0 Å². The molecule has 0 spiro atoms. The Balaban J connectivity index is 1.74. The summed E-state index contributed by atoms with van der Waals surface area (Å²) in [5.74, 6) is 0.424. The molecule has 36 heavy (non-hydrogen) atoms. The summed E-state index contributed by atoms with van der Waals surface area (Å²) in [6, 6.07) is 17.2. The highest BCUT2D eigenvalue weighted by molar-refractivity contribution is 5.95. The van der Waals surface area contributed by atoms with Crippen molar-refractivity contribution in [1.29, 1.82) is 0 Å². The lowest BCUT2D eigenvalue weighted by molar-refractivity contribution is -0.129. The molecule has 1 aliphatic heterocycles. The normalized spacial score (nSPS) is 16.0. The summed E-state index contributed by atoms with van der Waals surface area (Å²) < 4.78 is 0. The van der Waals surface area contributed by atoms with Gasteiger partial charge in [-0.1, -0.05) is 75.0 Å². The molecule has 1 atom stereocenters. The Labute approximate surface area is 215 Å². The fraction of sp³-hybridized carbons (Fsp3) is 0.433. The summed E-state index contributed by atoms with van der Waals surface area (Å²) in [5.41, 5.74) is 2.45. The molecule has 0 bridgehead atoms. The first kappa shape index (κ1) is 27.2. The molecule has 1 N–H and O–H groups in total. The number of nitrogens with one attached hydrogen (secondary N) is 1. The minimum absolute atomic E-state index is 0.0226. The molecule has 2 aromatic rings. The number of hydrogen-bond acceptors (Lipinski definition) is 4. The quantitative estimate of drug-likeness (QED) is 0.304. The topological polar surface area (TPSA) is 71.0 Å². The van der Waals surface area contributed by atoms with E-state index in [9.17, 15) is 9.59 Å². The van der Waals surface area contributed by atoms with Crippen LogP contribution in [0.25, 0.3) is 5.76 Å². The highest BCUT2D eigenvalue weighted by atomic mass is 16.6. The van der Waals surface area contributed by atoms with Gasteiger partial charge in [0.2, 0.25) is 5.91 Å². The van der Waals surface area contributed by atoms with Crippen molar-refractivity contribution in [3.05, 3.63) is 77.9 Å². The first-order valence-corrected chi connectivity index (χ1v) is 12.6. The Morgan fingerprint density at radius 2 is 1.56 bits per heavy atom. The molecule has 1 saturated heterocycles. The van der Waals surface area contributed by atoms with Crippen molar-refractivity contribution in [3.63, 3.8) is 0 Å². The number of hydrogen-bond donors (Lipinski definition) is 1. The van der Waals surface area contributed by atoms with E-state index >= 15 is 0 Å². The fourth-order valence-electron chi connectivity index (χ4n) is 4.23. The van der Waals surface area contributed by atoms with Crippen molar-refractivity contribution < 1.29 is 14.4 Å². The van der Waals surface area contributed by atoms with Crippen LogP contribution in [0.4, 0.5) is 0 Å². The van der Waals surface area contributed by atoms with E-state index in [4.69, 9.17) is 4.84 Å². The Morgan fingerprint density at radius 3 is 2.08 bits per heavy atom. The van der Waals surface area contributed by atoms with Gasteiger partial charge in [0.05, 0.1) is 11.1 Å². The van der Waals surface area contributed by atoms with E-state index in [0.717, 1.165) is 16.8 Å². The lowest BCUT2D eigenvalue weighted by Crippen LogP contribution is -2.55. The smallest absolute Gasteiger partial charge is 0.253 e. The van der Waals surface area contributed by atoms with Crippen molar-refractivity contribution in [1.82, 2.24) is 10.2 Å². The van der Waals surface area contributed by atoms with Crippen LogP contribution >= 0.6 is 0 Å². The zero-order chi connectivity index (χ0) is 26.5. The molecule has 6 heteroatoms. The zero-order valence-corrected chi connectivity index (χ0v) is 22.4. The van der Waals surface area contributed by atoms with Crippen LogP contribution < -0.4 is 5.32 Å². The van der Waals surface area contributed by atoms with Gasteiger partial charge in [0.15, 0.2) is 5.76 Å². The molecule has 2 amide bonds. The lowest BCUT2D eigenvalue weighted by Gasteiger charge is -2.42. The molecule has 0 aliphatic carbocycles. The summed E-state index contributed by atoms with van der Waals surface area (Å²) in [5, 5.41) is 7.19. The van der Waals surface area contributed by atoms with E-state index in [1.807, 2.05) is 68.1 Å². The molecule has 3 rings (SSSR count). The van der Waals surface area contributed by atoms with Crippen LogP contribution in [-0.2, 0) is 15.0 Å². The molecular weight excluding hydrogens is 450 g/mol. The first-order chi connectivity index (χ1) is 16.9. The number of piperidine rings is 1. The highest BCUT2D eigenvalue weighted by Crippen LogP contribution is 2.37. The maximum Gasteiger partial charge on any atom is 0.253 e. The third-order valence-electron chi connectivity index (χ3n) is 7.10. The third kappa shape index (κ3) is 6.23. The molecule has 0 unspecified atom stereocenters. The predicted octanol–water partition coefficient (Wildman–Crippen LogP) is 5.79. The van der Waals surface area contributed by atoms with Gasteiger partial charge >= 0.3 is 0 Å². The molecule has 1 aliphatic rings. The van der Waals surface area contributed by atoms with Gasteiger partial charge in [-0.2, -0.15) is 0 Å². The molecule has 2 aromatic carbocycles. The number of benzene rings is 2. The third-order valence-corrected chi connectivity index (χ3v) is 7.10. The SMILES string of the molecule is C=C(ON=C(C)C)c1ccc(C(=O)N2CCC(C(=O)N[C@@H](C)C(C)(C)C)(c3ccccc3)CC2)cc1. The summed E-state index contributed by atoms with van der Waals surface area (Å²) in [7, 11) is 0. The van der Waals surface area contributed by atoms with Gasteiger partial charge in [-0.25, -0.2) is 0 Å². The van der Waals surface area contributed by atoms with Crippen LogP contribution in [-0.4, -0.2) is 41.6 Å². The van der Waals surface area contributed by atoms with Crippen LogP contribution in [0.5, 0.6) is 0 Å². The van der Waals surface area contributed by atoms with Crippen LogP contribution in [0.1, 0.15) is 75.9 Å². The van der Waals surface area contributed by atoms with E-state index in [0.29, 0.717) is 37.3 Å². The molecule has 1 fully saturated rings. The monoisotopic (exact) mass is 489 g/mol. The molecular formula is C30H39N3O3. The summed E-state index contributed by atoms with van der Waals surface area (Å²) >= 11 is 0. The number of carbonyl (C=O) groups is 2. The number of rotatable bonds is 7. The van der Waals surface area contributed by atoms with Crippen LogP contribution in [0.3, 0.4) is 0 Å². The summed E-state index contributed by atoms with van der Waals surface area (Å²) in [4.78, 5) is 34.1. The average Bonchev–Trinajstić information content (AvgIpc) is 2.86. The van der Waals surface area contributed by atoms with E-state index in [-0.39, 0.29) is 23.3 Å². The fourth-order valence-corrected chi connectivity index (χ4v) is 4.23. The van der Waals surface area contributed by atoms with Crippen molar-refractivity contribution in [2.45, 2.75) is 65.8 Å². The second-order valence-electron chi connectivity index (χ2n) is 10.9. The maximum atomic E-state index is 13.7. The van der Waals surface area contributed by atoms with Crippen LogP contribution in [0, 0.1) is 5.41 Å². The second-order valence-corrected chi connectivity index (χ2v) is 10.9.